The Bertz CT molecular complexity index is 2010. The maximum Gasteiger partial charge on any atom is 0.162 e. The zero-order chi connectivity index (χ0) is 40.8. The van der Waals surface area contributed by atoms with Gasteiger partial charge >= 0.3 is 0 Å². The molecule has 0 saturated carbocycles. The van der Waals surface area contributed by atoms with Crippen molar-refractivity contribution in [2.24, 2.45) is 17.8 Å². The van der Waals surface area contributed by atoms with Crippen molar-refractivity contribution in [2.45, 2.75) is 86.0 Å². The Kier molecular flexibility index (Phi) is 14.0. The molecule has 6 rings (SSSR count). The molecule has 0 saturated heterocycles. The molecule has 0 heterocycles. The van der Waals surface area contributed by atoms with Crippen molar-refractivity contribution in [3.05, 3.63) is 123 Å². The number of carbonyl (C=O) groups excluding carboxylic acids is 2. The number of carbonyl (C=O) groups is 2. The normalized spacial score (nSPS) is 19.4. The van der Waals surface area contributed by atoms with Crippen LogP contribution in [0.15, 0.2) is 90.1 Å². The Labute approximate surface area is 328 Å². The highest BCUT2D eigenvalue weighted by molar-refractivity contribution is 5.98. The Morgan fingerprint density at radius 2 is 1.40 bits per heavy atom. The molecule has 7 nitrogen and oxygen atoms in total. The summed E-state index contributed by atoms with van der Waals surface area (Å²) >= 11 is 0. The van der Waals surface area contributed by atoms with Gasteiger partial charge in [0.05, 0.1) is 28.4 Å². The number of ketones is 2. The van der Waals surface area contributed by atoms with Gasteiger partial charge in [-0.25, -0.2) is 0 Å². The zero-order valence-electron chi connectivity index (χ0n) is 34.8. The van der Waals surface area contributed by atoms with Crippen molar-refractivity contribution in [2.75, 3.05) is 28.4 Å². The van der Waals surface area contributed by atoms with Crippen LogP contribution in [0.5, 0.6) is 28.7 Å². The molecule has 3 aliphatic carbocycles. The van der Waals surface area contributed by atoms with Crippen LogP contribution < -0.4 is 18.9 Å². The summed E-state index contributed by atoms with van der Waals surface area (Å²) in [6.45, 7) is 22.0. The van der Waals surface area contributed by atoms with Gasteiger partial charge in [0, 0.05) is 40.9 Å². The lowest BCUT2D eigenvalue weighted by atomic mass is 9.68. The first-order valence-corrected chi connectivity index (χ1v) is 19.0. The number of Topliss-reactive ketones (excluding diaryl/α,β-unsaturated/α-hetero) is 2. The van der Waals surface area contributed by atoms with Crippen LogP contribution in [0.1, 0.15) is 94.2 Å². The number of rotatable bonds is 8. The second kappa shape index (κ2) is 18.1. The maximum atomic E-state index is 12.6. The van der Waals surface area contributed by atoms with E-state index in [9.17, 15) is 14.7 Å². The molecule has 1 unspecified atom stereocenters. The molecule has 0 amide bonds. The molecule has 7 heteroatoms. The average molecular weight is 749 g/mol. The first kappa shape index (κ1) is 42.7. The van der Waals surface area contributed by atoms with Crippen LogP contribution in [0.2, 0.25) is 0 Å². The van der Waals surface area contributed by atoms with Crippen LogP contribution in [-0.2, 0) is 27.8 Å². The highest BCUT2D eigenvalue weighted by Crippen LogP contribution is 2.50. The molecule has 0 radical (unpaired) electrons. The monoisotopic (exact) mass is 748 g/mol. The van der Waals surface area contributed by atoms with E-state index in [0.29, 0.717) is 30.9 Å². The Morgan fingerprint density at radius 1 is 0.782 bits per heavy atom. The lowest BCUT2D eigenvalue weighted by molar-refractivity contribution is -0.121. The number of hydrogen-bond acceptors (Lipinski definition) is 7. The van der Waals surface area contributed by atoms with Crippen LogP contribution >= 0.6 is 0 Å². The standard InChI is InChI=1S/C19H22O3.C19H24O3.C10H14O/c1-11-6-7-14-12(18(11)20)10-13-15(21-4)8-9-16(22-5)17(13)19(14,2)3;1-12(2)16-8-6-13(3)19(20)17(16)11-14-10-15(21-4)7-9-18(14)22-5;1-7(2)9-5-4-8(3)10(11)6-9/h6-9,20H,10H2,1-5H3;6-7,9-10,16-17H,1,8,11H2,2-5H3;4,9H,1,5-6H2,2-3H3/t;16-,17?;9-/m.01/s1. The summed E-state index contributed by atoms with van der Waals surface area (Å²) in [6, 6.07) is 13.7. The third-order valence-corrected chi connectivity index (χ3v) is 11.5. The topological polar surface area (TPSA) is 91.3 Å². The molecule has 3 atom stereocenters. The van der Waals surface area contributed by atoms with Gasteiger partial charge in [-0.2, -0.15) is 0 Å². The van der Waals surface area contributed by atoms with E-state index in [1.165, 1.54) is 0 Å². The molecule has 0 aliphatic heterocycles. The van der Waals surface area contributed by atoms with E-state index in [4.69, 9.17) is 18.9 Å². The van der Waals surface area contributed by atoms with Crippen LogP contribution in [0.25, 0.3) is 0 Å². The largest absolute Gasteiger partial charge is 0.507 e. The van der Waals surface area contributed by atoms with E-state index in [-0.39, 0.29) is 28.8 Å². The predicted molar refractivity (Wildman–Crippen MR) is 222 cm³/mol. The molecule has 1 N–H and O–H groups in total. The Hall–Kier alpha value is -5.04. The lowest BCUT2D eigenvalue weighted by Crippen LogP contribution is -2.30. The van der Waals surface area contributed by atoms with E-state index in [2.05, 4.69) is 33.1 Å². The minimum atomic E-state index is -0.256. The second-order valence-electron chi connectivity index (χ2n) is 15.6. The fraction of sp³-hybridized carbons (Fsp3) is 0.417. The molecule has 294 valence electrons. The van der Waals surface area contributed by atoms with Gasteiger partial charge in [-0.1, -0.05) is 62.4 Å². The molecule has 0 bridgehead atoms. The van der Waals surface area contributed by atoms with Gasteiger partial charge in [-0.15, -0.1) is 0 Å². The van der Waals surface area contributed by atoms with Crippen molar-refractivity contribution < 1.29 is 33.6 Å². The van der Waals surface area contributed by atoms with Gasteiger partial charge in [-0.3, -0.25) is 9.59 Å². The highest BCUT2D eigenvalue weighted by atomic mass is 16.5. The third kappa shape index (κ3) is 9.26. The fourth-order valence-electron chi connectivity index (χ4n) is 8.04. The predicted octanol–water partition coefficient (Wildman–Crippen LogP) is 10.4. The maximum absolute atomic E-state index is 12.6. The van der Waals surface area contributed by atoms with E-state index >= 15 is 0 Å². The fourth-order valence-corrected chi connectivity index (χ4v) is 8.04. The summed E-state index contributed by atoms with van der Waals surface area (Å²) in [4.78, 5) is 23.8. The molecule has 3 aromatic carbocycles. The molecule has 3 aliphatic rings. The highest BCUT2D eigenvalue weighted by Gasteiger charge is 2.38. The van der Waals surface area contributed by atoms with Crippen molar-refractivity contribution in [1.82, 2.24) is 0 Å². The molecule has 0 spiro atoms. The van der Waals surface area contributed by atoms with Gasteiger partial charge in [0.1, 0.15) is 28.7 Å². The van der Waals surface area contributed by atoms with Gasteiger partial charge < -0.3 is 24.1 Å². The molecular weight excluding hydrogens is 689 g/mol. The van der Waals surface area contributed by atoms with Crippen LogP contribution in [-0.4, -0.2) is 45.1 Å². The smallest absolute Gasteiger partial charge is 0.162 e. The zero-order valence-corrected chi connectivity index (χ0v) is 34.8. The van der Waals surface area contributed by atoms with Gasteiger partial charge in [-0.05, 0) is 124 Å². The lowest BCUT2D eigenvalue weighted by Gasteiger charge is -2.37. The van der Waals surface area contributed by atoms with Crippen molar-refractivity contribution in [3.63, 3.8) is 0 Å². The first-order chi connectivity index (χ1) is 26.0. The number of methoxy groups -OCH3 is 4. The number of benzene rings is 3. The van der Waals surface area contributed by atoms with Gasteiger partial charge in [0.15, 0.2) is 11.6 Å². The Morgan fingerprint density at radius 3 is 1.98 bits per heavy atom. The molecular formula is C48H60O7. The number of hydrogen-bond donors (Lipinski definition) is 1. The number of phenolic OH excluding ortho intramolecular Hbond substituents is 1. The molecule has 55 heavy (non-hydrogen) atoms. The first-order valence-electron chi connectivity index (χ1n) is 19.0. The van der Waals surface area contributed by atoms with Crippen molar-refractivity contribution in [1.29, 1.82) is 0 Å². The van der Waals surface area contributed by atoms with E-state index < -0.39 is 0 Å². The minimum Gasteiger partial charge on any atom is -0.507 e. The number of phenols is 1. The number of aromatic hydroxyl groups is 1. The van der Waals surface area contributed by atoms with Crippen LogP contribution in [0, 0.1) is 24.7 Å². The Balaban J connectivity index is 0.000000194. The quantitative estimate of drug-likeness (QED) is 0.229. The third-order valence-electron chi connectivity index (χ3n) is 11.5. The SMILES string of the molecule is C=C(C)[C@@H]1CC=C(C)C(=O)C1.C=C(C)[C@@H]1CC=C(C)C(=O)C1Cc1cc(OC)ccc1OC.COc1ccc(OC)c2c1Cc1c(ccc(C)c1O)C2(C)C. The van der Waals surface area contributed by atoms with Crippen molar-refractivity contribution in [3.8, 4) is 28.7 Å². The summed E-state index contributed by atoms with van der Waals surface area (Å²) in [5.41, 5.74) is 9.98. The average Bonchev–Trinajstić information content (AvgIpc) is 3.16. The minimum absolute atomic E-state index is 0.0801. The summed E-state index contributed by atoms with van der Waals surface area (Å²) < 4.78 is 21.9. The molecule has 0 aromatic heterocycles. The second-order valence-corrected chi connectivity index (χ2v) is 15.6. The van der Waals surface area contributed by atoms with E-state index in [0.717, 1.165) is 91.5 Å². The molecule has 0 fully saturated rings. The van der Waals surface area contributed by atoms with Crippen molar-refractivity contribution >= 4 is 11.6 Å². The van der Waals surface area contributed by atoms with Crippen LogP contribution in [0.4, 0.5) is 0 Å². The summed E-state index contributed by atoms with van der Waals surface area (Å²) in [6.07, 6.45) is 7.88. The van der Waals surface area contributed by atoms with E-state index in [1.807, 2.05) is 83.2 Å². The summed E-state index contributed by atoms with van der Waals surface area (Å²) in [5, 5.41) is 10.5. The number of allylic oxidation sites excluding steroid dienone is 6. The van der Waals surface area contributed by atoms with Gasteiger partial charge in [0.25, 0.3) is 0 Å². The number of ether oxygens (including phenoxy) is 4. The summed E-state index contributed by atoms with van der Waals surface area (Å²) in [7, 11) is 6.66. The van der Waals surface area contributed by atoms with Crippen LogP contribution in [0.3, 0.4) is 0 Å². The number of fused-ring (bicyclic) bond motifs is 2. The van der Waals surface area contributed by atoms with E-state index in [1.54, 1.807) is 28.4 Å². The summed E-state index contributed by atoms with van der Waals surface area (Å²) in [5.74, 6) is 4.66. The molecule has 3 aromatic rings. The van der Waals surface area contributed by atoms with Gasteiger partial charge in [0.2, 0.25) is 0 Å². The number of aryl methyl sites for hydroxylation is 1.